The molecule has 1 unspecified atom stereocenters. The predicted octanol–water partition coefficient (Wildman–Crippen LogP) is 2.63. The molecule has 114 valence electrons. The van der Waals surface area contributed by atoms with Gasteiger partial charge in [-0.1, -0.05) is 13.0 Å². The first-order valence-corrected chi connectivity index (χ1v) is 7.11. The molecule has 0 spiro atoms. The number of nitrogens with zero attached hydrogens (tertiary/aromatic N) is 2. The fraction of sp³-hybridized carbons (Fsp3) is 0.438. The molecule has 0 amide bonds. The van der Waals surface area contributed by atoms with E-state index in [9.17, 15) is 4.39 Å². The van der Waals surface area contributed by atoms with E-state index in [1.807, 2.05) is 31.0 Å². The van der Waals surface area contributed by atoms with Crippen molar-refractivity contribution >= 4 is 0 Å². The standard InChI is InChI=1S/C16H22FN3O/c1-5-14-12(10-20(3)19-14)15(18-2)9-11-6-7-16(21-4)13(17)8-11/h6-8,10,15,18H,5,9H2,1-4H3. The highest BCUT2D eigenvalue weighted by Crippen LogP contribution is 2.24. The van der Waals surface area contributed by atoms with Crippen LogP contribution in [0.1, 0.15) is 29.8 Å². The van der Waals surface area contributed by atoms with Crippen molar-refractivity contribution in [1.29, 1.82) is 0 Å². The average molecular weight is 291 g/mol. The molecule has 2 rings (SSSR count). The molecule has 2 aromatic rings. The molecular formula is C16H22FN3O. The van der Waals surface area contributed by atoms with E-state index >= 15 is 0 Å². The number of rotatable bonds is 6. The van der Waals surface area contributed by atoms with Gasteiger partial charge in [0.1, 0.15) is 0 Å². The van der Waals surface area contributed by atoms with Gasteiger partial charge in [0.25, 0.3) is 0 Å². The summed E-state index contributed by atoms with van der Waals surface area (Å²) in [6, 6.07) is 5.21. The van der Waals surface area contributed by atoms with Gasteiger partial charge in [0, 0.05) is 24.8 Å². The van der Waals surface area contributed by atoms with Crippen LogP contribution in [0.15, 0.2) is 24.4 Å². The summed E-state index contributed by atoms with van der Waals surface area (Å²) in [4.78, 5) is 0. The third kappa shape index (κ3) is 3.42. The van der Waals surface area contributed by atoms with Crippen LogP contribution >= 0.6 is 0 Å². The third-order valence-corrected chi connectivity index (χ3v) is 3.65. The van der Waals surface area contributed by atoms with E-state index in [2.05, 4.69) is 17.3 Å². The molecule has 0 radical (unpaired) electrons. The second-order valence-electron chi connectivity index (χ2n) is 5.07. The smallest absolute Gasteiger partial charge is 0.165 e. The van der Waals surface area contributed by atoms with Crippen molar-refractivity contribution in [3.63, 3.8) is 0 Å². The van der Waals surface area contributed by atoms with Crippen molar-refractivity contribution in [3.8, 4) is 5.75 Å². The van der Waals surface area contributed by atoms with E-state index in [4.69, 9.17) is 4.74 Å². The Kier molecular flexibility index (Phi) is 4.96. The van der Waals surface area contributed by atoms with Gasteiger partial charge >= 0.3 is 0 Å². The summed E-state index contributed by atoms with van der Waals surface area (Å²) in [7, 11) is 5.30. The lowest BCUT2D eigenvalue weighted by Crippen LogP contribution is -2.19. The summed E-state index contributed by atoms with van der Waals surface area (Å²) < 4.78 is 20.6. The number of hydrogen-bond donors (Lipinski definition) is 1. The van der Waals surface area contributed by atoms with Crippen LogP contribution in [-0.4, -0.2) is 23.9 Å². The fourth-order valence-corrected chi connectivity index (χ4v) is 2.56. The lowest BCUT2D eigenvalue weighted by atomic mass is 9.98. The number of aromatic nitrogens is 2. The maximum Gasteiger partial charge on any atom is 0.165 e. The topological polar surface area (TPSA) is 39.1 Å². The highest BCUT2D eigenvalue weighted by molar-refractivity contribution is 5.31. The van der Waals surface area contributed by atoms with Crippen LogP contribution < -0.4 is 10.1 Å². The Bertz CT molecular complexity index is 610. The number of hydrogen-bond acceptors (Lipinski definition) is 3. The molecule has 5 heteroatoms. The maximum absolute atomic E-state index is 13.8. The largest absolute Gasteiger partial charge is 0.494 e. The number of halogens is 1. The minimum Gasteiger partial charge on any atom is -0.494 e. The zero-order chi connectivity index (χ0) is 15.4. The lowest BCUT2D eigenvalue weighted by Gasteiger charge is -2.16. The molecule has 0 saturated carbocycles. The normalized spacial score (nSPS) is 12.4. The Morgan fingerprint density at radius 1 is 1.43 bits per heavy atom. The molecule has 0 aliphatic heterocycles. The Hall–Kier alpha value is -1.88. The van der Waals surface area contributed by atoms with Crippen LogP contribution in [0, 0.1) is 5.82 Å². The summed E-state index contributed by atoms with van der Waals surface area (Å²) >= 11 is 0. The second kappa shape index (κ2) is 6.72. The molecule has 21 heavy (non-hydrogen) atoms. The predicted molar refractivity (Wildman–Crippen MR) is 81.0 cm³/mol. The minimum atomic E-state index is -0.327. The molecular weight excluding hydrogens is 269 g/mol. The molecule has 1 heterocycles. The average Bonchev–Trinajstić information content (AvgIpc) is 2.86. The van der Waals surface area contributed by atoms with Crippen molar-refractivity contribution in [2.45, 2.75) is 25.8 Å². The van der Waals surface area contributed by atoms with Gasteiger partial charge in [0.15, 0.2) is 11.6 Å². The van der Waals surface area contributed by atoms with E-state index in [0.717, 1.165) is 17.7 Å². The Morgan fingerprint density at radius 2 is 2.19 bits per heavy atom. The Labute approximate surface area is 124 Å². The van der Waals surface area contributed by atoms with Gasteiger partial charge in [-0.2, -0.15) is 5.10 Å². The lowest BCUT2D eigenvalue weighted by molar-refractivity contribution is 0.386. The number of ether oxygens (including phenoxy) is 1. The van der Waals surface area contributed by atoms with Crippen molar-refractivity contribution in [1.82, 2.24) is 15.1 Å². The minimum absolute atomic E-state index is 0.112. The number of likely N-dealkylation sites (N-methyl/N-ethyl adjacent to an activating group) is 1. The summed E-state index contributed by atoms with van der Waals surface area (Å²) in [6.45, 7) is 2.09. The zero-order valence-electron chi connectivity index (χ0n) is 13.0. The van der Waals surface area contributed by atoms with E-state index in [-0.39, 0.29) is 17.6 Å². The molecule has 1 N–H and O–H groups in total. The molecule has 0 aliphatic rings. The molecule has 0 fully saturated rings. The van der Waals surface area contributed by atoms with E-state index in [1.165, 1.54) is 18.7 Å². The van der Waals surface area contributed by atoms with Gasteiger partial charge in [-0.3, -0.25) is 4.68 Å². The first-order valence-electron chi connectivity index (χ1n) is 7.11. The van der Waals surface area contributed by atoms with E-state index < -0.39 is 0 Å². The van der Waals surface area contributed by atoms with Gasteiger partial charge in [-0.25, -0.2) is 4.39 Å². The van der Waals surface area contributed by atoms with Gasteiger partial charge in [0.05, 0.1) is 12.8 Å². The van der Waals surface area contributed by atoms with E-state index in [1.54, 1.807) is 6.07 Å². The fourth-order valence-electron chi connectivity index (χ4n) is 2.56. The first-order chi connectivity index (χ1) is 10.1. The number of benzene rings is 1. The molecule has 4 nitrogen and oxygen atoms in total. The summed E-state index contributed by atoms with van der Waals surface area (Å²) in [5.74, 6) is -0.0536. The molecule has 1 aromatic heterocycles. The second-order valence-corrected chi connectivity index (χ2v) is 5.07. The van der Waals surface area contributed by atoms with Crippen molar-refractivity contribution in [3.05, 3.63) is 47.0 Å². The Morgan fingerprint density at radius 3 is 2.76 bits per heavy atom. The monoisotopic (exact) mass is 291 g/mol. The summed E-state index contributed by atoms with van der Waals surface area (Å²) in [5.41, 5.74) is 3.17. The number of aryl methyl sites for hydroxylation is 2. The summed E-state index contributed by atoms with van der Waals surface area (Å²) in [6.07, 6.45) is 3.61. The number of nitrogens with one attached hydrogen (secondary N) is 1. The van der Waals surface area contributed by atoms with E-state index in [0.29, 0.717) is 6.42 Å². The first kappa shape index (κ1) is 15.5. The van der Waals surface area contributed by atoms with Crippen LogP contribution in [0.3, 0.4) is 0 Å². The maximum atomic E-state index is 13.8. The van der Waals surface area contributed by atoms with Gasteiger partial charge in [-0.15, -0.1) is 0 Å². The third-order valence-electron chi connectivity index (χ3n) is 3.65. The van der Waals surface area contributed by atoms with Crippen LogP contribution in [0.2, 0.25) is 0 Å². The SMILES string of the molecule is CCc1nn(C)cc1C(Cc1ccc(OC)c(F)c1)NC. The van der Waals surface area contributed by atoms with Crippen LogP contribution in [0.25, 0.3) is 0 Å². The van der Waals surface area contributed by atoms with Crippen LogP contribution in [-0.2, 0) is 19.9 Å². The van der Waals surface area contributed by atoms with Crippen LogP contribution in [0.4, 0.5) is 4.39 Å². The highest BCUT2D eigenvalue weighted by atomic mass is 19.1. The van der Waals surface area contributed by atoms with Gasteiger partial charge in [-0.05, 0) is 37.6 Å². The van der Waals surface area contributed by atoms with Crippen LogP contribution in [0.5, 0.6) is 5.75 Å². The van der Waals surface area contributed by atoms with Gasteiger partial charge < -0.3 is 10.1 Å². The summed E-state index contributed by atoms with van der Waals surface area (Å²) in [5, 5.41) is 7.76. The molecule has 1 aromatic carbocycles. The van der Waals surface area contributed by atoms with Gasteiger partial charge in [0.2, 0.25) is 0 Å². The molecule has 0 aliphatic carbocycles. The molecule has 1 atom stereocenters. The van der Waals surface area contributed by atoms with Crippen molar-refractivity contribution in [2.24, 2.45) is 7.05 Å². The Balaban J connectivity index is 2.24. The zero-order valence-corrected chi connectivity index (χ0v) is 13.0. The molecule has 0 bridgehead atoms. The van der Waals surface area contributed by atoms with Crippen molar-refractivity contribution < 1.29 is 9.13 Å². The molecule has 0 saturated heterocycles. The van der Waals surface area contributed by atoms with Crippen molar-refractivity contribution in [2.75, 3.05) is 14.2 Å². The highest BCUT2D eigenvalue weighted by Gasteiger charge is 2.17. The number of methoxy groups -OCH3 is 1. The quantitative estimate of drug-likeness (QED) is 0.889.